The van der Waals surface area contributed by atoms with Crippen LogP contribution in [0.15, 0.2) is 24.4 Å². The standard InChI is InChI=1S/C11H8FN3O5/c1-20-10-5-8(6(12)4-9(10)15(18)19)14-3-2-7(13-14)11(16)17/h2-5H,1H3,(H,16,17). The topological polar surface area (TPSA) is 107 Å². The van der Waals surface area contributed by atoms with Crippen LogP contribution in [0.2, 0.25) is 0 Å². The molecule has 0 radical (unpaired) electrons. The van der Waals surface area contributed by atoms with Gasteiger partial charge in [0.2, 0.25) is 0 Å². The van der Waals surface area contributed by atoms with E-state index in [-0.39, 0.29) is 17.1 Å². The van der Waals surface area contributed by atoms with Crippen LogP contribution in [0.1, 0.15) is 10.5 Å². The van der Waals surface area contributed by atoms with E-state index in [1.54, 1.807) is 0 Å². The first kappa shape index (κ1) is 13.5. The molecule has 1 heterocycles. The van der Waals surface area contributed by atoms with Crippen molar-refractivity contribution in [2.45, 2.75) is 0 Å². The van der Waals surface area contributed by atoms with E-state index in [2.05, 4.69) is 5.10 Å². The summed E-state index contributed by atoms with van der Waals surface area (Å²) in [6.45, 7) is 0. The second kappa shape index (κ2) is 4.96. The van der Waals surface area contributed by atoms with Gasteiger partial charge in [-0.1, -0.05) is 0 Å². The van der Waals surface area contributed by atoms with Crippen LogP contribution in [0.25, 0.3) is 5.69 Å². The Morgan fingerprint density at radius 1 is 1.55 bits per heavy atom. The second-order valence-electron chi connectivity index (χ2n) is 3.68. The van der Waals surface area contributed by atoms with Crippen molar-refractivity contribution in [1.82, 2.24) is 9.78 Å². The molecule has 0 bridgehead atoms. The summed E-state index contributed by atoms with van der Waals surface area (Å²) < 4.78 is 19.6. The van der Waals surface area contributed by atoms with Crippen molar-refractivity contribution in [3.05, 3.63) is 46.0 Å². The van der Waals surface area contributed by atoms with E-state index in [0.717, 1.165) is 10.7 Å². The lowest BCUT2D eigenvalue weighted by Crippen LogP contribution is -2.04. The zero-order valence-corrected chi connectivity index (χ0v) is 10.1. The number of aromatic carboxylic acids is 1. The first-order chi connectivity index (χ1) is 9.43. The van der Waals surface area contributed by atoms with Crippen molar-refractivity contribution in [2.75, 3.05) is 7.11 Å². The summed E-state index contributed by atoms with van der Waals surface area (Å²) in [4.78, 5) is 20.7. The fourth-order valence-electron chi connectivity index (χ4n) is 1.59. The van der Waals surface area contributed by atoms with Gasteiger partial charge >= 0.3 is 11.7 Å². The molecule has 0 aliphatic heterocycles. The SMILES string of the molecule is COc1cc(-n2ccc(C(=O)O)n2)c(F)cc1[N+](=O)[O-]. The number of rotatable bonds is 4. The quantitative estimate of drug-likeness (QED) is 0.674. The Balaban J connectivity index is 2.56. The minimum atomic E-state index is -1.27. The fourth-order valence-corrected chi connectivity index (χ4v) is 1.59. The van der Waals surface area contributed by atoms with Gasteiger partial charge in [-0.2, -0.15) is 5.10 Å². The van der Waals surface area contributed by atoms with E-state index in [4.69, 9.17) is 9.84 Å². The van der Waals surface area contributed by atoms with Crippen LogP contribution in [-0.2, 0) is 0 Å². The number of carboxylic acids is 1. The van der Waals surface area contributed by atoms with Crippen molar-refractivity contribution in [3.8, 4) is 11.4 Å². The number of hydrogen-bond donors (Lipinski definition) is 1. The molecule has 0 saturated carbocycles. The lowest BCUT2D eigenvalue weighted by molar-refractivity contribution is -0.385. The summed E-state index contributed by atoms with van der Waals surface area (Å²) in [7, 11) is 1.20. The molecule has 104 valence electrons. The first-order valence-electron chi connectivity index (χ1n) is 5.25. The Morgan fingerprint density at radius 2 is 2.25 bits per heavy atom. The Hall–Kier alpha value is -2.97. The Kier molecular flexibility index (Phi) is 3.34. The number of halogens is 1. The van der Waals surface area contributed by atoms with Crippen LogP contribution in [0.5, 0.6) is 5.75 Å². The molecular formula is C11H8FN3O5. The highest BCUT2D eigenvalue weighted by molar-refractivity contribution is 5.85. The van der Waals surface area contributed by atoms with Gasteiger partial charge in [0.1, 0.15) is 5.69 Å². The van der Waals surface area contributed by atoms with Gasteiger partial charge in [-0.15, -0.1) is 0 Å². The molecule has 2 aromatic rings. The maximum atomic E-state index is 13.9. The number of hydrogen-bond acceptors (Lipinski definition) is 5. The van der Waals surface area contributed by atoms with E-state index >= 15 is 0 Å². The molecule has 0 atom stereocenters. The highest BCUT2D eigenvalue weighted by atomic mass is 19.1. The zero-order valence-electron chi connectivity index (χ0n) is 10.1. The molecule has 0 unspecified atom stereocenters. The van der Waals surface area contributed by atoms with Gasteiger partial charge in [-0.05, 0) is 6.07 Å². The Morgan fingerprint density at radius 3 is 2.75 bits per heavy atom. The summed E-state index contributed by atoms with van der Waals surface area (Å²) in [6.07, 6.45) is 1.23. The number of nitro benzene ring substituents is 1. The lowest BCUT2D eigenvalue weighted by atomic mass is 10.2. The van der Waals surface area contributed by atoms with Gasteiger partial charge < -0.3 is 9.84 Å². The summed E-state index contributed by atoms with van der Waals surface area (Å²) in [6, 6.07) is 2.94. The van der Waals surface area contributed by atoms with Gasteiger partial charge in [0, 0.05) is 12.3 Å². The molecule has 0 amide bonds. The predicted molar refractivity (Wildman–Crippen MR) is 63.7 cm³/mol. The number of nitro groups is 1. The number of carboxylic acid groups (broad SMARTS) is 1. The number of carbonyl (C=O) groups is 1. The van der Waals surface area contributed by atoms with Gasteiger partial charge in [-0.3, -0.25) is 10.1 Å². The van der Waals surface area contributed by atoms with Crippen LogP contribution in [0.4, 0.5) is 10.1 Å². The molecule has 8 nitrogen and oxygen atoms in total. The molecule has 1 aromatic carbocycles. The summed E-state index contributed by atoms with van der Waals surface area (Å²) >= 11 is 0. The highest BCUT2D eigenvalue weighted by Crippen LogP contribution is 2.31. The summed E-state index contributed by atoms with van der Waals surface area (Å²) in [5.41, 5.74) is -0.957. The van der Waals surface area contributed by atoms with Gasteiger partial charge in [0.05, 0.1) is 18.1 Å². The third kappa shape index (κ3) is 2.28. The molecule has 0 spiro atoms. The van der Waals surface area contributed by atoms with Gasteiger partial charge in [0.25, 0.3) is 0 Å². The van der Waals surface area contributed by atoms with E-state index in [1.165, 1.54) is 19.4 Å². The Labute approximate surface area is 111 Å². The number of ether oxygens (including phenoxy) is 1. The van der Waals surface area contributed by atoms with Gasteiger partial charge in [0.15, 0.2) is 17.3 Å². The number of methoxy groups -OCH3 is 1. The molecule has 20 heavy (non-hydrogen) atoms. The molecule has 0 fully saturated rings. The number of aromatic nitrogens is 2. The lowest BCUT2D eigenvalue weighted by Gasteiger charge is -2.07. The third-order valence-corrected chi connectivity index (χ3v) is 2.50. The van der Waals surface area contributed by atoms with Gasteiger partial charge in [-0.25, -0.2) is 13.9 Å². The van der Waals surface area contributed by atoms with E-state index < -0.39 is 22.4 Å². The molecule has 0 saturated heterocycles. The first-order valence-corrected chi connectivity index (χ1v) is 5.25. The van der Waals surface area contributed by atoms with Crippen molar-refractivity contribution in [3.63, 3.8) is 0 Å². The minimum Gasteiger partial charge on any atom is -0.490 e. The van der Waals surface area contributed by atoms with Crippen LogP contribution in [0, 0.1) is 15.9 Å². The average molecular weight is 281 g/mol. The van der Waals surface area contributed by atoms with Crippen LogP contribution >= 0.6 is 0 Å². The monoisotopic (exact) mass is 281 g/mol. The molecule has 1 N–H and O–H groups in total. The minimum absolute atomic E-state index is 0.153. The molecule has 0 aliphatic rings. The molecule has 0 aliphatic carbocycles. The number of nitrogens with zero attached hydrogens (tertiary/aromatic N) is 3. The summed E-state index contributed by atoms with van der Waals surface area (Å²) in [5.74, 6) is -2.34. The van der Waals surface area contributed by atoms with Crippen LogP contribution < -0.4 is 4.74 Å². The Bertz CT molecular complexity index is 697. The third-order valence-electron chi connectivity index (χ3n) is 2.50. The predicted octanol–water partition coefficient (Wildman–Crippen LogP) is 1.63. The van der Waals surface area contributed by atoms with Crippen molar-refractivity contribution < 1.29 is 24.0 Å². The largest absolute Gasteiger partial charge is 0.490 e. The van der Waals surface area contributed by atoms with Crippen LogP contribution in [0.3, 0.4) is 0 Å². The fraction of sp³-hybridized carbons (Fsp3) is 0.0909. The molecule has 1 aromatic heterocycles. The molecular weight excluding hydrogens is 273 g/mol. The second-order valence-corrected chi connectivity index (χ2v) is 3.68. The van der Waals surface area contributed by atoms with Crippen LogP contribution in [-0.4, -0.2) is 32.9 Å². The number of benzene rings is 1. The normalized spacial score (nSPS) is 10.3. The maximum absolute atomic E-state index is 13.9. The van der Waals surface area contributed by atoms with E-state index in [0.29, 0.717) is 6.07 Å². The van der Waals surface area contributed by atoms with Crippen molar-refractivity contribution in [1.29, 1.82) is 0 Å². The van der Waals surface area contributed by atoms with E-state index in [1.807, 2.05) is 0 Å². The molecule has 2 rings (SSSR count). The van der Waals surface area contributed by atoms with E-state index in [9.17, 15) is 19.3 Å². The highest BCUT2D eigenvalue weighted by Gasteiger charge is 2.21. The maximum Gasteiger partial charge on any atom is 0.356 e. The summed E-state index contributed by atoms with van der Waals surface area (Å²) in [5, 5.41) is 23.1. The zero-order chi connectivity index (χ0) is 14.9. The molecule has 9 heteroatoms. The van der Waals surface area contributed by atoms with Crippen molar-refractivity contribution in [2.24, 2.45) is 0 Å². The van der Waals surface area contributed by atoms with Crippen molar-refractivity contribution >= 4 is 11.7 Å². The smallest absolute Gasteiger partial charge is 0.356 e. The average Bonchev–Trinajstić information content (AvgIpc) is 2.87.